The van der Waals surface area contributed by atoms with Gasteiger partial charge in [-0.15, -0.1) is 36.1 Å². The average Bonchev–Trinajstić information content (AvgIpc) is 2.60. The molecule has 0 saturated carbocycles. The molecule has 0 aliphatic heterocycles. The second kappa shape index (κ2) is 6.83. The van der Waals surface area contributed by atoms with Crippen LogP contribution < -0.4 is 0 Å². The zero-order valence-electron chi connectivity index (χ0n) is 7.36. The fourth-order valence-electron chi connectivity index (χ4n) is 1.38. The van der Waals surface area contributed by atoms with Gasteiger partial charge in [0.05, 0.1) is 0 Å². The quantitative estimate of drug-likeness (QED) is 0.520. The summed E-state index contributed by atoms with van der Waals surface area (Å²) in [6, 6.07) is 0. The first-order valence-corrected chi connectivity index (χ1v) is 4.01. The first kappa shape index (κ1) is 13.4. The van der Waals surface area contributed by atoms with E-state index in [0.29, 0.717) is 0 Å². The topological polar surface area (TPSA) is 0 Å². The van der Waals surface area contributed by atoms with E-state index in [4.69, 9.17) is 0 Å². The van der Waals surface area contributed by atoms with Gasteiger partial charge in [-0.1, -0.05) is 12.2 Å². The molecule has 13 heavy (non-hydrogen) atoms. The first-order chi connectivity index (χ1) is 5.45. The van der Waals surface area contributed by atoms with Gasteiger partial charge in [0.1, 0.15) is 0 Å². The number of hydrogen-bond donors (Lipinski definition) is 0. The Morgan fingerprint density at radius 1 is 0.923 bits per heavy atom. The molecule has 0 N–H and O–H groups in total. The maximum absolute atomic E-state index is 2.28. The summed E-state index contributed by atoms with van der Waals surface area (Å²) in [6.07, 6.45) is 17.5. The van der Waals surface area contributed by atoms with Crippen molar-refractivity contribution in [2.45, 2.75) is 12.8 Å². The van der Waals surface area contributed by atoms with Crippen LogP contribution >= 0.6 is 24.0 Å². The van der Waals surface area contributed by atoms with Gasteiger partial charge >= 0.3 is 0 Å². The third kappa shape index (κ3) is 3.99. The Morgan fingerprint density at radius 2 is 1.38 bits per heavy atom. The predicted molar refractivity (Wildman–Crippen MR) is 63.4 cm³/mol. The fraction of sp³-hybridized carbons (Fsp3) is 0.182. The molecule has 2 heteroatoms. The van der Waals surface area contributed by atoms with Crippen molar-refractivity contribution < 1.29 is 26.2 Å². The molecular formula is C11H12IZr-. The molecular weight excluding hydrogens is 350 g/mol. The van der Waals surface area contributed by atoms with Crippen LogP contribution in [-0.2, 0) is 26.2 Å². The van der Waals surface area contributed by atoms with E-state index in [1.807, 2.05) is 0 Å². The van der Waals surface area contributed by atoms with Crippen molar-refractivity contribution in [3.63, 3.8) is 0 Å². The fourth-order valence-corrected chi connectivity index (χ4v) is 1.38. The minimum Gasteiger partial charge on any atom is -0.163 e. The van der Waals surface area contributed by atoms with Crippen LogP contribution in [-0.4, -0.2) is 0 Å². The van der Waals surface area contributed by atoms with Crippen molar-refractivity contribution in [3.05, 3.63) is 54.0 Å². The summed E-state index contributed by atoms with van der Waals surface area (Å²) in [7, 11) is 0. The summed E-state index contributed by atoms with van der Waals surface area (Å²) in [5.41, 5.74) is 2.86. The standard InChI is InChI=1S/C11H11.HI.Zr/c1-2-6-10(5-1)9-11-7-3-4-8-11;;/h1-5,7,9H,6,8H2;1H;/q-1;;. The molecule has 0 atom stereocenters. The van der Waals surface area contributed by atoms with Crippen LogP contribution in [0.5, 0.6) is 0 Å². The Labute approximate surface area is 116 Å². The first-order valence-electron chi connectivity index (χ1n) is 4.01. The molecule has 0 aromatic heterocycles. The predicted octanol–water partition coefficient (Wildman–Crippen LogP) is 3.58. The SMILES string of the molecule is C1=CCC([CH-]C2=CC=CC2)=C1.I.[Zr]. The van der Waals surface area contributed by atoms with Crippen molar-refractivity contribution in [3.8, 4) is 0 Å². The normalized spacial score (nSPS) is 17.2. The molecule has 0 heterocycles. The molecule has 68 valence electrons. The third-order valence-corrected chi connectivity index (χ3v) is 1.97. The van der Waals surface area contributed by atoms with Crippen LogP contribution in [0.15, 0.2) is 47.6 Å². The Morgan fingerprint density at radius 3 is 1.69 bits per heavy atom. The van der Waals surface area contributed by atoms with E-state index in [1.54, 1.807) is 0 Å². The van der Waals surface area contributed by atoms with Crippen LogP contribution in [0, 0.1) is 6.42 Å². The molecule has 0 aromatic rings. The summed E-state index contributed by atoms with van der Waals surface area (Å²) in [6.45, 7) is 0. The van der Waals surface area contributed by atoms with E-state index < -0.39 is 0 Å². The van der Waals surface area contributed by atoms with Crippen molar-refractivity contribution >= 4 is 24.0 Å². The summed E-state index contributed by atoms with van der Waals surface area (Å²) < 4.78 is 0. The molecule has 0 bridgehead atoms. The molecule has 2 aliphatic carbocycles. The zero-order chi connectivity index (χ0) is 7.52. The van der Waals surface area contributed by atoms with E-state index in [9.17, 15) is 0 Å². The van der Waals surface area contributed by atoms with Gasteiger partial charge in [0.2, 0.25) is 0 Å². The smallest absolute Gasteiger partial charge is 0 e. The number of rotatable bonds is 2. The second-order valence-electron chi connectivity index (χ2n) is 2.89. The molecule has 0 unspecified atom stereocenters. The van der Waals surface area contributed by atoms with Crippen molar-refractivity contribution in [2.24, 2.45) is 0 Å². The monoisotopic (exact) mass is 361 g/mol. The number of allylic oxidation sites excluding steroid dienone is 8. The largest absolute Gasteiger partial charge is 0.163 e. The van der Waals surface area contributed by atoms with Gasteiger partial charge in [0.25, 0.3) is 0 Å². The summed E-state index contributed by atoms with van der Waals surface area (Å²) in [5, 5.41) is 0. The van der Waals surface area contributed by atoms with Crippen molar-refractivity contribution in [2.75, 3.05) is 0 Å². The van der Waals surface area contributed by atoms with E-state index in [2.05, 4.69) is 42.9 Å². The molecule has 0 amide bonds. The Balaban J connectivity index is 0.000000720. The third-order valence-electron chi connectivity index (χ3n) is 1.97. The van der Waals surface area contributed by atoms with E-state index in [0.717, 1.165) is 12.8 Å². The van der Waals surface area contributed by atoms with Gasteiger partial charge in [0.15, 0.2) is 0 Å². The van der Waals surface area contributed by atoms with Crippen LogP contribution in [0.2, 0.25) is 0 Å². The maximum Gasteiger partial charge on any atom is 0 e. The van der Waals surface area contributed by atoms with Gasteiger partial charge in [-0.25, -0.2) is 0 Å². The zero-order valence-corrected chi connectivity index (χ0v) is 12.2. The van der Waals surface area contributed by atoms with Crippen LogP contribution in [0.25, 0.3) is 0 Å². The molecule has 0 aromatic carbocycles. The minimum atomic E-state index is 0. The molecule has 2 rings (SSSR count). The van der Waals surface area contributed by atoms with E-state index in [1.165, 1.54) is 11.1 Å². The summed E-state index contributed by atoms with van der Waals surface area (Å²) in [4.78, 5) is 0. The van der Waals surface area contributed by atoms with Gasteiger partial charge in [-0.05, 0) is 12.8 Å². The van der Waals surface area contributed by atoms with Gasteiger partial charge in [-0.3, -0.25) is 0 Å². The number of halogens is 1. The molecule has 0 radical (unpaired) electrons. The average molecular weight is 362 g/mol. The molecule has 0 fully saturated rings. The number of hydrogen-bond acceptors (Lipinski definition) is 0. The Kier molecular flexibility index (Phi) is 7.06. The molecule has 0 spiro atoms. The molecule has 0 nitrogen and oxygen atoms in total. The van der Waals surface area contributed by atoms with Crippen LogP contribution in [0.1, 0.15) is 12.8 Å². The Hall–Kier alpha value is 0.443. The van der Waals surface area contributed by atoms with Gasteiger partial charge in [0, 0.05) is 26.2 Å². The van der Waals surface area contributed by atoms with Crippen LogP contribution in [0.4, 0.5) is 0 Å². The molecule has 2 aliphatic rings. The summed E-state index contributed by atoms with van der Waals surface area (Å²) >= 11 is 0. The summed E-state index contributed by atoms with van der Waals surface area (Å²) in [5.74, 6) is 0. The second-order valence-corrected chi connectivity index (χ2v) is 2.89. The maximum atomic E-state index is 2.28. The van der Waals surface area contributed by atoms with Crippen LogP contribution in [0.3, 0.4) is 0 Å². The Bertz CT molecular complexity index is 244. The minimum absolute atomic E-state index is 0. The van der Waals surface area contributed by atoms with Gasteiger partial charge in [-0.2, -0.15) is 29.7 Å². The molecule has 0 saturated heterocycles. The van der Waals surface area contributed by atoms with E-state index in [-0.39, 0.29) is 50.2 Å². The van der Waals surface area contributed by atoms with Gasteiger partial charge < -0.3 is 0 Å². The van der Waals surface area contributed by atoms with E-state index >= 15 is 0 Å². The van der Waals surface area contributed by atoms with Crippen molar-refractivity contribution in [1.29, 1.82) is 0 Å². The van der Waals surface area contributed by atoms with Crippen molar-refractivity contribution in [1.82, 2.24) is 0 Å².